The molecule has 1 fully saturated rings. The molecule has 0 spiro atoms. The van der Waals surface area contributed by atoms with Crippen LogP contribution in [-0.4, -0.2) is 13.0 Å². The third kappa shape index (κ3) is 2.60. The minimum atomic E-state index is -0.0329. The molecule has 0 atom stereocenters. The van der Waals surface area contributed by atoms with E-state index in [2.05, 4.69) is 11.4 Å². The maximum atomic E-state index is 12.3. The summed E-state index contributed by atoms with van der Waals surface area (Å²) in [5, 5.41) is 2.93. The lowest BCUT2D eigenvalue weighted by atomic mass is 9.94. The quantitative estimate of drug-likeness (QED) is 0.822. The number of hydrogen-bond acceptors (Lipinski definition) is 2. The molecule has 24 heavy (non-hydrogen) atoms. The maximum absolute atomic E-state index is 12.3. The molecule has 2 aromatic carbocycles. The van der Waals surface area contributed by atoms with Crippen LogP contribution in [0.2, 0.25) is 0 Å². The molecule has 0 saturated heterocycles. The smallest absolute Gasteiger partial charge is 0.256 e. The summed E-state index contributed by atoms with van der Waals surface area (Å²) in [7, 11) is 1.73. The molecule has 0 radical (unpaired) electrons. The predicted octanol–water partition coefficient (Wildman–Crippen LogP) is 4.85. The van der Waals surface area contributed by atoms with Crippen LogP contribution in [0, 0.1) is 0 Å². The van der Waals surface area contributed by atoms with Crippen molar-refractivity contribution in [2.24, 2.45) is 0 Å². The number of ether oxygens (including phenoxy) is 1. The van der Waals surface area contributed by atoms with Crippen LogP contribution < -0.4 is 10.1 Å². The van der Waals surface area contributed by atoms with Gasteiger partial charge < -0.3 is 10.1 Å². The Bertz CT molecular complexity index is 816. The summed E-state index contributed by atoms with van der Waals surface area (Å²) in [6.45, 7) is 0. The molecule has 1 amide bonds. The zero-order chi connectivity index (χ0) is 16.5. The van der Waals surface area contributed by atoms with Crippen molar-refractivity contribution in [3.63, 3.8) is 0 Å². The normalized spacial score (nSPS) is 18.7. The second kappa shape index (κ2) is 6.16. The van der Waals surface area contributed by atoms with Crippen molar-refractivity contribution in [1.82, 2.24) is 0 Å². The average Bonchev–Trinajstić information content (AvgIpc) is 3.24. The number of carbonyl (C=O) groups is 1. The predicted molar refractivity (Wildman–Crippen MR) is 97.1 cm³/mol. The Morgan fingerprint density at radius 2 is 1.92 bits per heavy atom. The Morgan fingerprint density at radius 3 is 2.71 bits per heavy atom. The van der Waals surface area contributed by atoms with Crippen molar-refractivity contribution in [2.75, 3.05) is 12.4 Å². The molecule has 1 aliphatic heterocycles. The van der Waals surface area contributed by atoms with E-state index in [0.29, 0.717) is 5.92 Å². The van der Waals surface area contributed by atoms with Gasteiger partial charge in [-0.2, -0.15) is 0 Å². The summed E-state index contributed by atoms with van der Waals surface area (Å²) in [5.41, 5.74) is 4.92. The maximum Gasteiger partial charge on any atom is 0.256 e. The summed E-state index contributed by atoms with van der Waals surface area (Å²) in [5.74, 6) is 1.50. The molecule has 3 heteroatoms. The first-order valence-electron chi connectivity index (χ1n) is 8.56. The van der Waals surface area contributed by atoms with Crippen molar-refractivity contribution >= 4 is 23.2 Å². The number of methoxy groups -OCH3 is 1. The Morgan fingerprint density at radius 1 is 1.12 bits per heavy atom. The number of carbonyl (C=O) groups excluding carboxylic acids is 1. The Kier molecular flexibility index (Phi) is 3.85. The molecule has 1 heterocycles. The molecule has 0 aromatic heterocycles. The minimum Gasteiger partial charge on any atom is -0.496 e. The van der Waals surface area contributed by atoms with E-state index in [4.69, 9.17) is 4.74 Å². The largest absolute Gasteiger partial charge is 0.496 e. The van der Waals surface area contributed by atoms with Crippen LogP contribution in [-0.2, 0) is 4.79 Å². The first kappa shape index (κ1) is 15.0. The van der Waals surface area contributed by atoms with Gasteiger partial charge >= 0.3 is 0 Å². The lowest BCUT2D eigenvalue weighted by molar-refractivity contribution is -0.110. The van der Waals surface area contributed by atoms with Crippen LogP contribution in [0.4, 0.5) is 5.69 Å². The van der Waals surface area contributed by atoms with Crippen LogP contribution in [0.5, 0.6) is 5.75 Å². The highest BCUT2D eigenvalue weighted by atomic mass is 16.5. The van der Waals surface area contributed by atoms with Gasteiger partial charge in [-0.3, -0.25) is 4.79 Å². The van der Waals surface area contributed by atoms with Gasteiger partial charge in [-0.05, 0) is 54.2 Å². The highest BCUT2D eigenvalue weighted by Gasteiger charge is 2.24. The van der Waals surface area contributed by atoms with E-state index in [1.165, 1.54) is 31.2 Å². The van der Waals surface area contributed by atoms with E-state index in [-0.39, 0.29) is 5.91 Å². The molecule has 1 aliphatic carbocycles. The molecule has 1 saturated carbocycles. The summed E-state index contributed by atoms with van der Waals surface area (Å²) in [6.07, 6.45) is 7.00. The summed E-state index contributed by atoms with van der Waals surface area (Å²) >= 11 is 0. The van der Waals surface area contributed by atoms with Gasteiger partial charge in [0.2, 0.25) is 0 Å². The molecule has 2 aromatic rings. The molecule has 0 unspecified atom stereocenters. The van der Waals surface area contributed by atoms with Crippen molar-refractivity contribution in [3.05, 3.63) is 59.2 Å². The van der Waals surface area contributed by atoms with E-state index >= 15 is 0 Å². The van der Waals surface area contributed by atoms with E-state index in [9.17, 15) is 4.79 Å². The van der Waals surface area contributed by atoms with Gasteiger partial charge in [0, 0.05) is 16.8 Å². The summed E-state index contributed by atoms with van der Waals surface area (Å²) in [4.78, 5) is 12.3. The van der Waals surface area contributed by atoms with Gasteiger partial charge in [0.1, 0.15) is 5.75 Å². The second-order valence-corrected chi connectivity index (χ2v) is 6.54. The minimum absolute atomic E-state index is 0.0329. The monoisotopic (exact) mass is 319 g/mol. The highest BCUT2D eigenvalue weighted by molar-refractivity contribution is 6.34. The summed E-state index contributed by atoms with van der Waals surface area (Å²) < 4.78 is 5.56. The number of para-hydroxylation sites is 1. The van der Waals surface area contributed by atoms with E-state index in [1.807, 2.05) is 42.5 Å². The number of hydrogen-bond donors (Lipinski definition) is 1. The number of nitrogens with one attached hydrogen (secondary N) is 1. The number of benzene rings is 2. The van der Waals surface area contributed by atoms with Crippen molar-refractivity contribution < 1.29 is 9.53 Å². The Labute approximate surface area is 142 Å². The van der Waals surface area contributed by atoms with Crippen LogP contribution >= 0.6 is 0 Å². The SMILES string of the molecule is COc1ccc(C=C2C(=O)Nc3ccccc32)cc1C1CCCC1. The van der Waals surface area contributed by atoms with Crippen LogP contribution in [0.15, 0.2) is 42.5 Å². The fraction of sp³-hybridized carbons (Fsp3) is 0.286. The van der Waals surface area contributed by atoms with Crippen LogP contribution in [0.25, 0.3) is 11.6 Å². The third-order valence-corrected chi connectivity index (χ3v) is 5.07. The first-order chi connectivity index (χ1) is 11.8. The van der Waals surface area contributed by atoms with Gasteiger partial charge in [-0.25, -0.2) is 0 Å². The van der Waals surface area contributed by atoms with E-state index < -0.39 is 0 Å². The molecule has 2 aliphatic rings. The Hall–Kier alpha value is -2.55. The number of amides is 1. The molecule has 0 bridgehead atoms. The van der Waals surface area contributed by atoms with Gasteiger partial charge in [-0.15, -0.1) is 0 Å². The third-order valence-electron chi connectivity index (χ3n) is 5.07. The zero-order valence-corrected chi connectivity index (χ0v) is 13.8. The van der Waals surface area contributed by atoms with Crippen molar-refractivity contribution in [3.8, 4) is 5.75 Å². The topological polar surface area (TPSA) is 38.3 Å². The van der Waals surface area contributed by atoms with Gasteiger partial charge in [0.15, 0.2) is 0 Å². The van der Waals surface area contributed by atoms with E-state index in [1.54, 1.807) is 7.11 Å². The Balaban J connectivity index is 1.75. The number of anilines is 1. The van der Waals surface area contributed by atoms with E-state index in [0.717, 1.165) is 28.1 Å². The van der Waals surface area contributed by atoms with Gasteiger partial charge in [0.25, 0.3) is 5.91 Å². The molecular weight excluding hydrogens is 298 g/mol. The molecule has 4 rings (SSSR count). The average molecular weight is 319 g/mol. The highest BCUT2D eigenvalue weighted by Crippen LogP contribution is 2.40. The summed E-state index contributed by atoms with van der Waals surface area (Å²) in [6, 6.07) is 14.1. The van der Waals surface area contributed by atoms with Gasteiger partial charge in [-0.1, -0.05) is 37.1 Å². The lowest BCUT2D eigenvalue weighted by Crippen LogP contribution is -2.03. The van der Waals surface area contributed by atoms with Crippen molar-refractivity contribution in [1.29, 1.82) is 0 Å². The first-order valence-corrected chi connectivity index (χ1v) is 8.56. The standard InChI is InChI=1S/C21H21NO2/c1-24-20-11-10-14(12-17(20)15-6-2-3-7-15)13-18-16-8-4-5-9-19(16)22-21(18)23/h4-5,8-13,15H,2-3,6-7H2,1H3,(H,22,23). The molecule has 3 nitrogen and oxygen atoms in total. The van der Waals surface area contributed by atoms with Crippen LogP contribution in [0.3, 0.4) is 0 Å². The van der Waals surface area contributed by atoms with Crippen LogP contribution in [0.1, 0.15) is 48.3 Å². The molecular formula is C21H21NO2. The molecule has 122 valence electrons. The van der Waals surface area contributed by atoms with Crippen molar-refractivity contribution in [2.45, 2.75) is 31.6 Å². The molecule has 1 N–H and O–H groups in total. The lowest BCUT2D eigenvalue weighted by Gasteiger charge is -2.15. The van der Waals surface area contributed by atoms with Gasteiger partial charge in [0.05, 0.1) is 7.11 Å². The fourth-order valence-electron chi connectivity index (χ4n) is 3.85. The number of rotatable bonds is 3. The second-order valence-electron chi connectivity index (χ2n) is 6.54. The zero-order valence-electron chi connectivity index (χ0n) is 13.8. The fourth-order valence-corrected chi connectivity index (χ4v) is 3.85. The number of fused-ring (bicyclic) bond motifs is 1.